The molecular formula is C17H26O7. The van der Waals surface area contributed by atoms with E-state index in [1.165, 1.54) is 26.8 Å². The third-order valence-electron chi connectivity index (χ3n) is 2.94. The fraction of sp³-hybridized carbons (Fsp3) is 0.588. The minimum Gasteiger partial charge on any atom is -0.459 e. The third kappa shape index (κ3) is 9.78. The highest BCUT2D eigenvalue weighted by atomic mass is 16.6. The number of carbonyl (C=O) groups excluding carboxylic acids is 3. The smallest absolute Gasteiger partial charge is 0.303 e. The number of esters is 3. The van der Waals surface area contributed by atoms with E-state index in [1.807, 2.05) is 0 Å². The first-order valence-electron chi connectivity index (χ1n) is 7.64. The van der Waals surface area contributed by atoms with Gasteiger partial charge in [-0.1, -0.05) is 18.2 Å². The Hall–Kier alpha value is -2.15. The van der Waals surface area contributed by atoms with Crippen LogP contribution in [0.5, 0.6) is 0 Å². The molecule has 0 fully saturated rings. The minimum absolute atomic E-state index is 0.178. The molecule has 0 bridgehead atoms. The van der Waals surface area contributed by atoms with Gasteiger partial charge in [0.25, 0.3) is 0 Å². The zero-order valence-electron chi connectivity index (χ0n) is 14.6. The summed E-state index contributed by atoms with van der Waals surface area (Å²) in [4.78, 5) is 33.8. The van der Waals surface area contributed by atoms with Crippen molar-refractivity contribution in [2.24, 2.45) is 0 Å². The molecule has 0 spiro atoms. The summed E-state index contributed by atoms with van der Waals surface area (Å²) in [6.45, 7) is 8.74. The lowest BCUT2D eigenvalue weighted by Gasteiger charge is -2.29. The second-order valence-electron chi connectivity index (χ2n) is 5.29. The fourth-order valence-electron chi connectivity index (χ4n) is 2.08. The Bertz CT molecular complexity index is 470. The molecule has 4 atom stereocenters. The molecule has 7 heteroatoms. The van der Waals surface area contributed by atoms with Gasteiger partial charge in [-0.05, 0) is 13.3 Å². The number of hydrogen-bond donors (Lipinski definition) is 1. The number of hydrogen-bond acceptors (Lipinski definition) is 7. The van der Waals surface area contributed by atoms with Gasteiger partial charge in [0.15, 0.2) is 6.10 Å². The standard InChI is InChI=1S/C17H26O7/c1-6-8-15(21)9-7-10-16(23-13(4)19)17(24-14(5)20)11(2)22-12(3)18/h6-7,9,11,15-17,21H,1,8,10H2,2-5H3/b9-7+/t11-,15-,16-,17-/m1/s1. The van der Waals surface area contributed by atoms with Gasteiger partial charge in [-0.25, -0.2) is 0 Å². The van der Waals surface area contributed by atoms with E-state index >= 15 is 0 Å². The normalized spacial score (nSPS) is 15.9. The molecule has 0 saturated heterocycles. The first-order valence-corrected chi connectivity index (χ1v) is 7.64. The van der Waals surface area contributed by atoms with Gasteiger partial charge >= 0.3 is 17.9 Å². The summed E-state index contributed by atoms with van der Waals surface area (Å²) in [7, 11) is 0. The first-order chi connectivity index (χ1) is 11.2. The highest BCUT2D eigenvalue weighted by Crippen LogP contribution is 2.17. The second-order valence-corrected chi connectivity index (χ2v) is 5.29. The Balaban J connectivity index is 5.19. The summed E-state index contributed by atoms with van der Waals surface area (Å²) in [5, 5.41) is 9.64. The van der Waals surface area contributed by atoms with E-state index in [-0.39, 0.29) is 6.42 Å². The van der Waals surface area contributed by atoms with Crippen LogP contribution >= 0.6 is 0 Å². The average Bonchev–Trinajstić information content (AvgIpc) is 2.42. The molecule has 0 rings (SSSR count). The maximum absolute atomic E-state index is 11.3. The number of carbonyl (C=O) groups is 3. The largest absolute Gasteiger partial charge is 0.459 e. The summed E-state index contributed by atoms with van der Waals surface area (Å²) >= 11 is 0. The Morgan fingerprint density at radius 1 is 1.00 bits per heavy atom. The van der Waals surface area contributed by atoms with E-state index in [9.17, 15) is 19.5 Å². The lowest BCUT2D eigenvalue weighted by Crippen LogP contribution is -2.43. The molecule has 0 aliphatic carbocycles. The van der Waals surface area contributed by atoms with Crippen LogP contribution in [-0.4, -0.2) is 47.4 Å². The molecule has 24 heavy (non-hydrogen) atoms. The molecule has 0 amide bonds. The van der Waals surface area contributed by atoms with Crippen LogP contribution in [0, 0.1) is 0 Å². The van der Waals surface area contributed by atoms with Crippen molar-refractivity contribution in [1.29, 1.82) is 0 Å². The van der Waals surface area contributed by atoms with Crippen molar-refractivity contribution in [2.45, 2.75) is 65.0 Å². The van der Waals surface area contributed by atoms with Gasteiger partial charge < -0.3 is 19.3 Å². The highest BCUT2D eigenvalue weighted by molar-refractivity contribution is 5.68. The second kappa shape index (κ2) is 11.4. The summed E-state index contributed by atoms with van der Waals surface area (Å²) < 4.78 is 15.4. The van der Waals surface area contributed by atoms with Crippen LogP contribution in [0.15, 0.2) is 24.8 Å². The molecule has 0 aliphatic heterocycles. The zero-order chi connectivity index (χ0) is 18.7. The Morgan fingerprint density at radius 2 is 1.54 bits per heavy atom. The minimum atomic E-state index is -0.962. The van der Waals surface area contributed by atoms with Crippen LogP contribution in [0.1, 0.15) is 40.5 Å². The molecule has 0 saturated carbocycles. The monoisotopic (exact) mass is 342 g/mol. The summed E-state index contributed by atoms with van der Waals surface area (Å²) in [5.41, 5.74) is 0. The molecule has 0 aromatic heterocycles. The topological polar surface area (TPSA) is 99.1 Å². The van der Waals surface area contributed by atoms with Crippen molar-refractivity contribution >= 4 is 17.9 Å². The van der Waals surface area contributed by atoms with Crippen LogP contribution in [0.4, 0.5) is 0 Å². The number of rotatable bonds is 10. The predicted molar refractivity (Wildman–Crippen MR) is 86.9 cm³/mol. The van der Waals surface area contributed by atoms with E-state index in [4.69, 9.17) is 14.2 Å². The fourth-order valence-corrected chi connectivity index (χ4v) is 2.08. The van der Waals surface area contributed by atoms with Crippen LogP contribution in [0.3, 0.4) is 0 Å². The molecule has 0 unspecified atom stereocenters. The van der Waals surface area contributed by atoms with E-state index < -0.39 is 42.3 Å². The van der Waals surface area contributed by atoms with Crippen LogP contribution < -0.4 is 0 Å². The zero-order valence-corrected chi connectivity index (χ0v) is 14.6. The molecule has 1 N–H and O–H groups in total. The molecule has 0 aromatic carbocycles. The quantitative estimate of drug-likeness (QED) is 0.366. The maximum atomic E-state index is 11.3. The molecule has 0 radical (unpaired) electrons. The number of aliphatic hydroxyl groups is 1. The van der Waals surface area contributed by atoms with E-state index in [1.54, 1.807) is 19.1 Å². The SMILES string of the molecule is C=CC[C@@H](O)/C=C/C[C@@H](OC(C)=O)[C@H](OC(C)=O)[C@@H](C)OC(C)=O. The number of aliphatic hydroxyl groups excluding tert-OH is 1. The third-order valence-corrected chi connectivity index (χ3v) is 2.94. The summed E-state index contributed by atoms with van der Waals surface area (Å²) in [6, 6.07) is 0. The van der Waals surface area contributed by atoms with Crippen molar-refractivity contribution in [1.82, 2.24) is 0 Å². The summed E-state index contributed by atoms with van der Waals surface area (Å²) in [5.74, 6) is -1.70. The van der Waals surface area contributed by atoms with Crippen molar-refractivity contribution in [3.05, 3.63) is 24.8 Å². The van der Waals surface area contributed by atoms with Gasteiger partial charge in [0.1, 0.15) is 12.2 Å². The van der Waals surface area contributed by atoms with Gasteiger partial charge in [-0.3, -0.25) is 14.4 Å². The van der Waals surface area contributed by atoms with Crippen molar-refractivity contribution in [3.63, 3.8) is 0 Å². The molecule has 0 aromatic rings. The van der Waals surface area contributed by atoms with E-state index in [0.717, 1.165) is 0 Å². The molecule has 0 heterocycles. The van der Waals surface area contributed by atoms with Crippen molar-refractivity contribution in [3.8, 4) is 0 Å². The highest BCUT2D eigenvalue weighted by Gasteiger charge is 2.33. The van der Waals surface area contributed by atoms with E-state index in [2.05, 4.69) is 6.58 Å². The van der Waals surface area contributed by atoms with Gasteiger partial charge in [0, 0.05) is 27.2 Å². The maximum Gasteiger partial charge on any atom is 0.303 e. The van der Waals surface area contributed by atoms with Crippen LogP contribution in [-0.2, 0) is 28.6 Å². The Morgan fingerprint density at radius 3 is 2.00 bits per heavy atom. The van der Waals surface area contributed by atoms with Crippen LogP contribution in [0.25, 0.3) is 0 Å². The first kappa shape index (κ1) is 21.9. The predicted octanol–water partition coefficient (Wildman–Crippen LogP) is 1.68. The van der Waals surface area contributed by atoms with Gasteiger partial charge in [-0.15, -0.1) is 6.58 Å². The molecule has 7 nitrogen and oxygen atoms in total. The van der Waals surface area contributed by atoms with Gasteiger partial charge in [0.05, 0.1) is 6.10 Å². The Kier molecular flexibility index (Phi) is 10.4. The van der Waals surface area contributed by atoms with Gasteiger partial charge in [0.2, 0.25) is 0 Å². The lowest BCUT2D eigenvalue weighted by atomic mass is 10.0. The summed E-state index contributed by atoms with van der Waals surface area (Å²) in [6.07, 6.45) is 1.94. The lowest BCUT2D eigenvalue weighted by molar-refractivity contribution is -0.181. The Labute approximate surface area is 142 Å². The van der Waals surface area contributed by atoms with Gasteiger partial charge in [-0.2, -0.15) is 0 Å². The molecule has 0 aliphatic rings. The van der Waals surface area contributed by atoms with Crippen molar-refractivity contribution < 1.29 is 33.7 Å². The van der Waals surface area contributed by atoms with Crippen LogP contribution in [0.2, 0.25) is 0 Å². The molecule has 136 valence electrons. The van der Waals surface area contributed by atoms with E-state index in [0.29, 0.717) is 6.42 Å². The molecular weight excluding hydrogens is 316 g/mol. The number of ether oxygens (including phenoxy) is 3. The average molecular weight is 342 g/mol. The van der Waals surface area contributed by atoms with Crippen molar-refractivity contribution in [2.75, 3.05) is 0 Å².